The fourth-order valence-electron chi connectivity index (χ4n) is 3.14. The summed E-state index contributed by atoms with van der Waals surface area (Å²) in [4.78, 5) is 13.7. The molecule has 0 aliphatic rings. The lowest BCUT2D eigenvalue weighted by molar-refractivity contribution is -0.910. The van der Waals surface area contributed by atoms with Crippen molar-refractivity contribution in [2.75, 3.05) is 13.1 Å². The largest absolute Gasteiger partial charge is 0.507 e. The van der Waals surface area contributed by atoms with Crippen LogP contribution >= 0.6 is 0 Å². The zero-order valence-electron chi connectivity index (χ0n) is 17.0. The quantitative estimate of drug-likeness (QED) is 0.393. The predicted octanol–water partition coefficient (Wildman–Crippen LogP) is 1.10. The molecule has 152 valence electrons. The third-order valence-corrected chi connectivity index (χ3v) is 5.00. The van der Waals surface area contributed by atoms with Gasteiger partial charge in [0.05, 0.1) is 24.3 Å². The van der Waals surface area contributed by atoms with Crippen molar-refractivity contribution in [1.29, 1.82) is 0 Å². The minimum absolute atomic E-state index is 0.0312. The molecule has 0 aliphatic heterocycles. The second-order valence-electron chi connectivity index (χ2n) is 6.95. The molecule has 3 aromatic rings. The molecule has 1 heterocycles. The molecular formula is C21H27N6O2+. The molecule has 1 aromatic heterocycles. The van der Waals surface area contributed by atoms with Gasteiger partial charge in [-0.05, 0) is 56.7 Å². The van der Waals surface area contributed by atoms with Crippen molar-refractivity contribution in [2.24, 2.45) is 5.10 Å². The number of phenols is 1. The van der Waals surface area contributed by atoms with Crippen molar-refractivity contribution < 1.29 is 14.8 Å². The normalized spacial score (nSPS) is 11.9. The number of phenolic OH excluding ortho intramolecular Hbond substituents is 1. The molecule has 0 saturated carbocycles. The highest BCUT2D eigenvalue weighted by molar-refractivity contribution is 5.99. The number of amides is 1. The molecule has 0 bridgehead atoms. The van der Waals surface area contributed by atoms with Crippen molar-refractivity contribution in [3.8, 4) is 5.75 Å². The van der Waals surface area contributed by atoms with E-state index in [1.54, 1.807) is 16.8 Å². The lowest BCUT2D eigenvalue weighted by Crippen LogP contribution is -3.10. The maximum Gasteiger partial charge on any atom is 0.261 e. The fourth-order valence-corrected chi connectivity index (χ4v) is 3.14. The maximum atomic E-state index is 12.3. The van der Waals surface area contributed by atoms with Crippen LogP contribution in [-0.4, -0.2) is 44.8 Å². The van der Waals surface area contributed by atoms with E-state index in [1.807, 2.05) is 37.3 Å². The third-order valence-electron chi connectivity index (χ3n) is 5.00. The van der Waals surface area contributed by atoms with E-state index in [0.29, 0.717) is 5.71 Å². The van der Waals surface area contributed by atoms with E-state index in [1.165, 1.54) is 4.90 Å². The summed E-state index contributed by atoms with van der Waals surface area (Å²) in [5.74, 6) is -0.00497. The van der Waals surface area contributed by atoms with Gasteiger partial charge in [0.15, 0.2) is 0 Å². The number of nitrogens with one attached hydrogen (secondary N) is 2. The number of carbonyl (C=O) groups excluding carboxylic acids is 1. The van der Waals surface area contributed by atoms with Gasteiger partial charge < -0.3 is 10.0 Å². The Morgan fingerprint density at radius 3 is 2.72 bits per heavy atom. The Bertz CT molecular complexity index is 1020. The minimum Gasteiger partial charge on any atom is -0.507 e. The van der Waals surface area contributed by atoms with E-state index in [4.69, 9.17) is 0 Å². The van der Waals surface area contributed by atoms with Crippen LogP contribution in [0, 0.1) is 0 Å². The van der Waals surface area contributed by atoms with E-state index < -0.39 is 0 Å². The monoisotopic (exact) mass is 395 g/mol. The van der Waals surface area contributed by atoms with E-state index >= 15 is 0 Å². The second kappa shape index (κ2) is 9.29. The number of hydrogen-bond donors (Lipinski definition) is 3. The van der Waals surface area contributed by atoms with Gasteiger partial charge in [-0.2, -0.15) is 5.10 Å². The summed E-state index contributed by atoms with van der Waals surface area (Å²) in [5.41, 5.74) is 6.51. The molecule has 2 aromatic carbocycles. The number of benzene rings is 2. The Morgan fingerprint density at radius 2 is 1.97 bits per heavy atom. The molecule has 3 rings (SSSR count). The summed E-state index contributed by atoms with van der Waals surface area (Å²) < 4.78 is 1.54. The number of nitrogens with zero attached hydrogens (tertiary/aromatic N) is 4. The second-order valence-corrected chi connectivity index (χ2v) is 6.95. The van der Waals surface area contributed by atoms with Crippen molar-refractivity contribution in [3.05, 3.63) is 53.6 Å². The molecule has 0 saturated heterocycles. The van der Waals surface area contributed by atoms with Gasteiger partial charge in [0, 0.05) is 5.56 Å². The lowest BCUT2D eigenvalue weighted by atomic mass is 10.1. The fraction of sp³-hybridized carbons (Fsp3) is 0.333. The van der Waals surface area contributed by atoms with Gasteiger partial charge in [-0.25, -0.2) is 10.1 Å². The third kappa shape index (κ3) is 4.97. The van der Waals surface area contributed by atoms with Crippen LogP contribution in [0.3, 0.4) is 0 Å². The highest BCUT2D eigenvalue weighted by atomic mass is 16.3. The van der Waals surface area contributed by atoms with Crippen LogP contribution in [0.2, 0.25) is 0 Å². The smallest absolute Gasteiger partial charge is 0.261 e. The maximum absolute atomic E-state index is 12.3. The Morgan fingerprint density at radius 1 is 1.21 bits per heavy atom. The van der Waals surface area contributed by atoms with Gasteiger partial charge in [0.1, 0.15) is 24.4 Å². The average molecular weight is 395 g/mol. The molecule has 3 N–H and O–H groups in total. The number of aromatic hydroxyl groups is 1. The van der Waals surface area contributed by atoms with Gasteiger partial charge in [-0.1, -0.05) is 17.3 Å². The molecule has 8 nitrogen and oxygen atoms in total. The average Bonchev–Trinajstić information content (AvgIpc) is 3.14. The van der Waals surface area contributed by atoms with Crippen LogP contribution in [0.15, 0.2) is 47.6 Å². The van der Waals surface area contributed by atoms with Gasteiger partial charge in [-0.15, -0.1) is 5.10 Å². The van der Waals surface area contributed by atoms with Crippen LogP contribution in [0.5, 0.6) is 5.75 Å². The van der Waals surface area contributed by atoms with Crippen LogP contribution < -0.4 is 10.3 Å². The van der Waals surface area contributed by atoms with Crippen molar-refractivity contribution in [2.45, 2.75) is 33.9 Å². The predicted molar refractivity (Wildman–Crippen MR) is 112 cm³/mol. The first-order valence-electron chi connectivity index (χ1n) is 9.79. The highest BCUT2D eigenvalue weighted by Gasteiger charge is 2.12. The van der Waals surface area contributed by atoms with E-state index in [0.717, 1.165) is 41.8 Å². The number of rotatable bonds is 8. The first kappa shape index (κ1) is 20.5. The first-order chi connectivity index (χ1) is 14.0. The number of aromatic nitrogens is 3. The molecule has 0 atom stereocenters. The van der Waals surface area contributed by atoms with Crippen molar-refractivity contribution in [1.82, 2.24) is 20.4 Å². The molecule has 0 unspecified atom stereocenters. The van der Waals surface area contributed by atoms with Gasteiger partial charge in [0.2, 0.25) is 0 Å². The number of quaternary nitrogens is 1. The van der Waals surface area contributed by atoms with E-state index in [-0.39, 0.29) is 18.2 Å². The number of carbonyl (C=O) groups is 1. The standard InChI is InChI=1S/C21H26N6O2/c1-4-26(5-2)13-17-12-16(10-11-20(17)28)15(3)22-24-21(29)14-27-19-9-7-6-8-18(19)23-25-27/h6-12,28H,4-5,13-14H2,1-3H3,(H,24,29)/p+1/b22-15+. The summed E-state index contributed by atoms with van der Waals surface area (Å²) >= 11 is 0. The summed E-state index contributed by atoms with van der Waals surface area (Å²) in [6.45, 7) is 8.82. The van der Waals surface area contributed by atoms with Crippen molar-refractivity contribution in [3.63, 3.8) is 0 Å². The van der Waals surface area contributed by atoms with Crippen molar-refractivity contribution >= 4 is 22.7 Å². The molecule has 0 fully saturated rings. The first-order valence-corrected chi connectivity index (χ1v) is 9.79. The number of para-hydroxylation sites is 1. The molecule has 0 spiro atoms. The lowest BCUT2D eigenvalue weighted by Gasteiger charge is -2.16. The SMILES string of the molecule is CC[NH+](CC)Cc1cc(/C(C)=N/NC(=O)Cn2nnc3ccccc32)ccc1O. The summed E-state index contributed by atoms with van der Waals surface area (Å²) in [6, 6.07) is 12.9. The van der Waals surface area contributed by atoms with Gasteiger partial charge >= 0.3 is 0 Å². The Hall–Kier alpha value is -3.26. The molecule has 8 heteroatoms. The summed E-state index contributed by atoms with van der Waals surface area (Å²) in [7, 11) is 0. The molecular weight excluding hydrogens is 368 g/mol. The van der Waals surface area contributed by atoms with Crippen LogP contribution in [-0.2, 0) is 17.9 Å². The Kier molecular flexibility index (Phi) is 6.56. The summed E-state index contributed by atoms with van der Waals surface area (Å²) in [6.07, 6.45) is 0. The zero-order valence-corrected chi connectivity index (χ0v) is 17.0. The Labute approximate surface area is 169 Å². The van der Waals surface area contributed by atoms with Crippen LogP contribution in [0.25, 0.3) is 11.0 Å². The minimum atomic E-state index is -0.286. The number of hydrazone groups is 1. The van der Waals surface area contributed by atoms with Gasteiger partial charge in [-0.3, -0.25) is 4.79 Å². The molecule has 0 aliphatic carbocycles. The van der Waals surface area contributed by atoms with Gasteiger partial charge in [0.25, 0.3) is 5.91 Å². The highest BCUT2D eigenvalue weighted by Crippen LogP contribution is 2.18. The van der Waals surface area contributed by atoms with E-state index in [2.05, 4.69) is 34.7 Å². The van der Waals surface area contributed by atoms with Crippen LogP contribution in [0.4, 0.5) is 0 Å². The molecule has 1 amide bonds. The number of hydrogen-bond acceptors (Lipinski definition) is 5. The number of fused-ring (bicyclic) bond motifs is 1. The molecule has 29 heavy (non-hydrogen) atoms. The zero-order chi connectivity index (χ0) is 20.8. The topological polar surface area (TPSA) is 96.8 Å². The summed E-state index contributed by atoms with van der Waals surface area (Å²) in [5, 5.41) is 22.4. The van der Waals surface area contributed by atoms with E-state index in [9.17, 15) is 9.90 Å². The van der Waals surface area contributed by atoms with Crippen LogP contribution in [0.1, 0.15) is 31.9 Å². The molecule has 0 radical (unpaired) electrons. The Balaban J connectivity index is 1.68.